The van der Waals surface area contributed by atoms with E-state index in [4.69, 9.17) is 4.74 Å². The standard InChI is InChI=1S/C10H16O/c1-9(2)10(11-9)6-7-3-4-8(10)5-7/h7-8H,3-6H2,1-2H3. The summed E-state index contributed by atoms with van der Waals surface area (Å²) in [5.74, 6) is 1.93. The molecule has 1 nitrogen and oxygen atoms in total. The van der Waals surface area contributed by atoms with Gasteiger partial charge in [0.2, 0.25) is 0 Å². The Hall–Kier alpha value is -0.0400. The van der Waals surface area contributed by atoms with Crippen molar-refractivity contribution < 1.29 is 4.74 Å². The molecule has 3 atom stereocenters. The van der Waals surface area contributed by atoms with Gasteiger partial charge in [0.25, 0.3) is 0 Å². The van der Waals surface area contributed by atoms with Crippen LogP contribution in [-0.2, 0) is 4.74 Å². The van der Waals surface area contributed by atoms with E-state index in [2.05, 4.69) is 13.8 Å². The first-order valence-electron chi connectivity index (χ1n) is 4.84. The number of hydrogen-bond acceptors (Lipinski definition) is 1. The first kappa shape index (κ1) is 6.47. The van der Waals surface area contributed by atoms with Crippen LogP contribution in [0.25, 0.3) is 0 Å². The minimum Gasteiger partial charge on any atom is -0.363 e. The molecule has 0 aromatic heterocycles. The van der Waals surface area contributed by atoms with Crippen molar-refractivity contribution in [3.05, 3.63) is 0 Å². The number of hydrogen-bond donors (Lipinski definition) is 0. The minimum atomic E-state index is 0.229. The van der Waals surface area contributed by atoms with Crippen LogP contribution >= 0.6 is 0 Å². The Labute approximate surface area is 68.1 Å². The molecule has 3 fully saturated rings. The molecular formula is C10H16O. The van der Waals surface area contributed by atoms with Crippen LogP contribution in [0.3, 0.4) is 0 Å². The molecule has 0 radical (unpaired) electrons. The van der Waals surface area contributed by atoms with Gasteiger partial charge in [0.05, 0.1) is 5.60 Å². The highest BCUT2D eigenvalue weighted by Crippen LogP contribution is 2.66. The van der Waals surface area contributed by atoms with Crippen molar-refractivity contribution >= 4 is 0 Å². The molecule has 2 saturated carbocycles. The summed E-state index contributed by atoms with van der Waals surface area (Å²) in [4.78, 5) is 0. The monoisotopic (exact) mass is 152 g/mol. The Morgan fingerprint density at radius 2 is 2.00 bits per heavy atom. The lowest BCUT2D eigenvalue weighted by Gasteiger charge is -2.19. The van der Waals surface area contributed by atoms with Crippen LogP contribution in [0.15, 0.2) is 0 Å². The summed E-state index contributed by atoms with van der Waals surface area (Å²) < 4.78 is 5.89. The van der Waals surface area contributed by atoms with E-state index < -0.39 is 0 Å². The summed E-state index contributed by atoms with van der Waals surface area (Å²) >= 11 is 0. The topological polar surface area (TPSA) is 12.5 Å². The Bertz CT molecular complexity index is 209. The smallest absolute Gasteiger partial charge is 0.100 e. The zero-order valence-corrected chi connectivity index (χ0v) is 7.39. The second-order valence-corrected chi connectivity index (χ2v) is 5.08. The van der Waals surface area contributed by atoms with E-state index in [1.807, 2.05) is 0 Å². The van der Waals surface area contributed by atoms with Crippen LogP contribution in [0.2, 0.25) is 0 Å². The molecule has 2 aliphatic carbocycles. The lowest BCUT2D eigenvalue weighted by atomic mass is 9.81. The van der Waals surface area contributed by atoms with Gasteiger partial charge in [0.15, 0.2) is 0 Å². The Kier molecular flexibility index (Phi) is 0.893. The normalized spacial score (nSPS) is 57.3. The van der Waals surface area contributed by atoms with E-state index in [9.17, 15) is 0 Å². The summed E-state index contributed by atoms with van der Waals surface area (Å²) in [7, 11) is 0. The fourth-order valence-corrected chi connectivity index (χ4v) is 3.57. The van der Waals surface area contributed by atoms with Gasteiger partial charge in [-0.05, 0) is 51.4 Å². The van der Waals surface area contributed by atoms with E-state index in [1.54, 1.807) is 0 Å². The molecule has 1 aliphatic heterocycles. The van der Waals surface area contributed by atoms with Crippen molar-refractivity contribution in [3.63, 3.8) is 0 Å². The minimum absolute atomic E-state index is 0.229. The SMILES string of the molecule is CC1(C)OC12CC1CCC2C1. The lowest BCUT2D eigenvalue weighted by Crippen LogP contribution is -2.27. The average molecular weight is 152 g/mol. The fourth-order valence-electron chi connectivity index (χ4n) is 3.57. The fraction of sp³-hybridized carbons (Fsp3) is 1.00. The molecular weight excluding hydrogens is 136 g/mol. The molecule has 0 N–H and O–H groups in total. The highest BCUT2D eigenvalue weighted by molar-refractivity contribution is 5.20. The highest BCUT2D eigenvalue weighted by Gasteiger charge is 2.71. The summed E-state index contributed by atoms with van der Waals surface area (Å²) in [6.45, 7) is 4.52. The Balaban J connectivity index is 1.93. The van der Waals surface area contributed by atoms with E-state index in [0.717, 1.165) is 11.8 Å². The molecule has 1 saturated heterocycles. The largest absolute Gasteiger partial charge is 0.363 e. The van der Waals surface area contributed by atoms with E-state index in [0.29, 0.717) is 5.60 Å². The molecule has 1 heteroatoms. The maximum absolute atomic E-state index is 5.89. The Morgan fingerprint density at radius 3 is 2.27 bits per heavy atom. The molecule has 0 aromatic rings. The molecule has 3 unspecified atom stereocenters. The molecule has 3 aliphatic rings. The first-order chi connectivity index (χ1) is 5.14. The number of ether oxygens (including phenoxy) is 1. The summed E-state index contributed by atoms with van der Waals surface area (Å²) in [6.07, 6.45) is 5.74. The molecule has 0 aromatic carbocycles. The van der Waals surface area contributed by atoms with Gasteiger partial charge in [-0.1, -0.05) is 0 Å². The van der Waals surface area contributed by atoms with Crippen LogP contribution in [0.1, 0.15) is 39.5 Å². The molecule has 3 rings (SSSR count). The summed E-state index contributed by atoms with van der Waals surface area (Å²) in [6, 6.07) is 0. The summed E-state index contributed by atoms with van der Waals surface area (Å²) in [5, 5.41) is 0. The maximum atomic E-state index is 5.89. The van der Waals surface area contributed by atoms with Gasteiger partial charge in [0, 0.05) is 0 Å². The van der Waals surface area contributed by atoms with E-state index in [-0.39, 0.29) is 5.60 Å². The van der Waals surface area contributed by atoms with Crippen molar-refractivity contribution in [2.45, 2.75) is 50.7 Å². The highest BCUT2D eigenvalue weighted by atomic mass is 16.6. The van der Waals surface area contributed by atoms with Crippen LogP contribution in [-0.4, -0.2) is 11.2 Å². The summed E-state index contributed by atoms with van der Waals surface area (Å²) in [5.41, 5.74) is 0.586. The maximum Gasteiger partial charge on any atom is 0.100 e. The molecule has 0 amide bonds. The second-order valence-electron chi connectivity index (χ2n) is 5.08. The van der Waals surface area contributed by atoms with Crippen molar-refractivity contribution in [1.29, 1.82) is 0 Å². The van der Waals surface area contributed by atoms with Gasteiger partial charge in [-0.15, -0.1) is 0 Å². The molecule has 1 spiro atoms. The van der Waals surface area contributed by atoms with Gasteiger partial charge in [-0.2, -0.15) is 0 Å². The molecule has 62 valence electrons. The van der Waals surface area contributed by atoms with Crippen molar-refractivity contribution in [3.8, 4) is 0 Å². The number of fused-ring (bicyclic) bond motifs is 3. The molecule has 11 heavy (non-hydrogen) atoms. The zero-order chi connectivity index (χ0) is 7.69. The van der Waals surface area contributed by atoms with E-state index in [1.165, 1.54) is 25.7 Å². The first-order valence-corrected chi connectivity index (χ1v) is 4.84. The third kappa shape index (κ3) is 0.581. The second kappa shape index (κ2) is 1.52. The van der Waals surface area contributed by atoms with Crippen LogP contribution < -0.4 is 0 Å². The number of epoxide rings is 1. The quantitative estimate of drug-likeness (QED) is 0.485. The zero-order valence-electron chi connectivity index (χ0n) is 7.39. The third-order valence-electron chi connectivity index (χ3n) is 4.21. The Morgan fingerprint density at radius 1 is 1.27 bits per heavy atom. The van der Waals surface area contributed by atoms with Crippen molar-refractivity contribution in [2.75, 3.05) is 0 Å². The van der Waals surface area contributed by atoms with Crippen molar-refractivity contribution in [1.82, 2.24) is 0 Å². The van der Waals surface area contributed by atoms with Gasteiger partial charge in [-0.25, -0.2) is 0 Å². The van der Waals surface area contributed by atoms with Gasteiger partial charge in [-0.3, -0.25) is 0 Å². The van der Waals surface area contributed by atoms with Crippen LogP contribution in [0, 0.1) is 11.8 Å². The van der Waals surface area contributed by atoms with E-state index >= 15 is 0 Å². The van der Waals surface area contributed by atoms with Crippen molar-refractivity contribution in [2.24, 2.45) is 11.8 Å². The predicted octanol–water partition coefficient (Wildman–Crippen LogP) is 2.35. The third-order valence-corrected chi connectivity index (χ3v) is 4.21. The number of rotatable bonds is 0. The average Bonchev–Trinajstić information content (AvgIpc) is 2.37. The predicted molar refractivity (Wildman–Crippen MR) is 43.3 cm³/mol. The van der Waals surface area contributed by atoms with Gasteiger partial charge >= 0.3 is 0 Å². The molecule has 1 heterocycles. The van der Waals surface area contributed by atoms with Gasteiger partial charge in [0.1, 0.15) is 5.60 Å². The molecule has 2 bridgehead atoms. The lowest BCUT2D eigenvalue weighted by molar-refractivity contribution is 0.212. The van der Waals surface area contributed by atoms with Crippen LogP contribution in [0.4, 0.5) is 0 Å². The van der Waals surface area contributed by atoms with Crippen LogP contribution in [0.5, 0.6) is 0 Å². The van der Waals surface area contributed by atoms with Gasteiger partial charge < -0.3 is 4.74 Å².